The predicted octanol–water partition coefficient (Wildman–Crippen LogP) is 2.04. The zero-order chi connectivity index (χ0) is 17.1. The molecule has 3 amide bonds. The number of ether oxygens (including phenoxy) is 1. The van der Waals surface area contributed by atoms with Crippen LogP contribution in [0.15, 0.2) is 42.6 Å². The summed E-state index contributed by atoms with van der Waals surface area (Å²) in [5.41, 5.74) is 2.17. The second-order valence-electron chi connectivity index (χ2n) is 5.44. The van der Waals surface area contributed by atoms with Crippen LogP contribution in [0.4, 0.5) is 10.5 Å². The molecule has 24 heavy (non-hydrogen) atoms. The average molecular weight is 326 g/mol. The van der Waals surface area contributed by atoms with Crippen LogP contribution in [0.3, 0.4) is 0 Å². The molecule has 2 N–H and O–H groups in total. The third-order valence-corrected chi connectivity index (χ3v) is 4.00. The average Bonchev–Trinajstić information content (AvgIpc) is 2.85. The van der Waals surface area contributed by atoms with E-state index in [4.69, 9.17) is 4.74 Å². The molecule has 1 aliphatic heterocycles. The number of aromatic nitrogens is 1. The molecule has 124 valence electrons. The first-order valence-electron chi connectivity index (χ1n) is 7.51. The summed E-state index contributed by atoms with van der Waals surface area (Å²) < 4.78 is 4.97. The molecule has 0 spiro atoms. The fourth-order valence-corrected chi connectivity index (χ4v) is 2.71. The summed E-state index contributed by atoms with van der Waals surface area (Å²) in [6, 6.07) is 10.3. The van der Waals surface area contributed by atoms with Gasteiger partial charge in [0.15, 0.2) is 0 Å². The fourth-order valence-electron chi connectivity index (χ4n) is 2.71. The summed E-state index contributed by atoms with van der Waals surface area (Å²) in [7, 11) is 3.26. The van der Waals surface area contributed by atoms with Crippen molar-refractivity contribution in [3.8, 4) is 5.88 Å². The summed E-state index contributed by atoms with van der Waals surface area (Å²) >= 11 is 0. The van der Waals surface area contributed by atoms with Gasteiger partial charge in [-0.1, -0.05) is 18.2 Å². The number of anilines is 1. The molecule has 0 aliphatic carbocycles. The van der Waals surface area contributed by atoms with Crippen molar-refractivity contribution in [3.05, 3.63) is 53.7 Å². The van der Waals surface area contributed by atoms with Gasteiger partial charge in [0.25, 0.3) is 5.91 Å². The van der Waals surface area contributed by atoms with Gasteiger partial charge in [-0.15, -0.1) is 0 Å². The summed E-state index contributed by atoms with van der Waals surface area (Å²) in [6.07, 6.45) is 1.51. The molecule has 7 nitrogen and oxygen atoms in total. The number of methoxy groups -OCH3 is 1. The molecule has 1 atom stereocenters. The SMILES string of the molecule is COc1ccc(NC(=O)NCC2c3ccccc3C(=O)N2C)cn1. The van der Waals surface area contributed by atoms with E-state index >= 15 is 0 Å². The number of likely N-dealkylation sites (N-methyl/N-ethyl adjacent to an activating group) is 1. The molecule has 1 aromatic heterocycles. The normalized spacial score (nSPS) is 15.8. The topological polar surface area (TPSA) is 83.6 Å². The number of pyridine rings is 1. The maximum atomic E-state index is 12.2. The Morgan fingerprint density at radius 1 is 1.29 bits per heavy atom. The van der Waals surface area contributed by atoms with E-state index in [9.17, 15) is 9.59 Å². The lowest BCUT2D eigenvalue weighted by Crippen LogP contribution is -2.36. The quantitative estimate of drug-likeness (QED) is 0.900. The molecule has 1 aliphatic rings. The summed E-state index contributed by atoms with van der Waals surface area (Å²) in [4.78, 5) is 29.9. The Bertz CT molecular complexity index is 761. The highest BCUT2D eigenvalue weighted by Gasteiger charge is 2.33. The number of nitrogens with one attached hydrogen (secondary N) is 2. The number of benzene rings is 1. The van der Waals surface area contributed by atoms with Crippen LogP contribution in [-0.2, 0) is 0 Å². The summed E-state index contributed by atoms with van der Waals surface area (Å²) in [5, 5.41) is 5.49. The van der Waals surface area contributed by atoms with Gasteiger partial charge in [-0.05, 0) is 17.7 Å². The van der Waals surface area contributed by atoms with E-state index in [0.717, 1.165) is 5.56 Å². The van der Waals surface area contributed by atoms with Gasteiger partial charge in [0.05, 0.1) is 25.0 Å². The van der Waals surface area contributed by atoms with E-state index < -0.39 is 0 Å². The number of urea groups is 1. The first kappa shape index (κ1) is 15.8. The van der Waals surface area contributed by atoms with Gasteiger partial charge in [-0.2, -0.15) is 0 Å². The van der Waals surface area contributed by atoms with E-state index in [2.05, 4.69) is 15.6 Å². The Balaban J connectivity index is 1.61. The van der Waals surface area contributed by atoms with Crippen molar-refractivity contribution >= 4 is 17.6 Å². The van der Waals surface area contributed by atoms with Crippen LogP contribution in [-0.4, -0.2) is 42.5 Å². The number of amides is 3. The lowest BCUT2D eigenvalue weighted by molar-refractivity contribution is 0.0774. The molecule has 0 fully saturated rings. The number of hydrogen-bond donors (Lipinski definition) is 2. The van der Waals surface area contributed by atoms with Gasteiger partial charge in [-0.3, -0.25) is 4.79 Å². The molecule has 1 unspecified atom stereocenters. The number of carbonyl (C=O) groups is 2. The second-order valence-corrected chi connectivity index (χ2v) is 5.44. The van der Waals surface area contributed by atoms with E-state index in [1.807, 2.05) is 18.2 Å². The number of carbonyl (C=O) groups excluding carboxylic acids is 2. The zero-order valence-corrected chi connectivity index (χ0v) is 13.4. The number of rotatable bonds is 4. The third kappa shape index (κ3) is 3.01. The first-order valence-corrected chi connectivity index (χ1v) is 7.51. The van der Waals surface area contributed by atoms with E-state index in [-0.39, 0.29) is 18.0 Å². The fraction of sp³-hybridized carbons (Fsp3) is 0.235. The number of nitrogens with zero attached hydrogens (tertiary/aromatic N) is 2. The van der Waals surface area contributed by atoms with Crippen molar-refractivity contribution in [1.82, 2.24) is 15.2 Å². The van der Waals surface area contributed by atoms with Gasteiger partial charge in [-0.25, -0.2) is 9.78 Å². The maximum absolute atomic E-state index is 12.2. The molecule has 1 aromatic carbocycles. The Morgan fingerprint density at radius 2 is 2.08 bits per heavy atom. The van der Waals surface area contributed by atoms with Crippen molar-refractivity contribution in [2.24, 2.45) is 0 Å². The van der Waals surface area contributed by atoms with Crippen LogP contribution < -0.4 is 15.4 Å². The molecule has 3 rings (SSSR count). The molecule has 0 saturated heterocycles. The zero-order valence-electron chi connectivity index (χ0n) is 13.4. The number of hydrogen-bond acceptors (Lipinski definition) is 4. The minimum atomic E-state index is -0.354. The van der Waals surface area contributed by atoms with Crippen molar-refractivity contribution < 1.29 is 14.3 Å². The van der Waals surface area contributed by atoms with Crippen LogP contribution in [0.1, 0.15) is 22.0 Å². The molecular formula is C17H18N4O3. The Hall–Kier alpha value is -3.09. The third-order valence-electron chi connectivity index (χ3n) is 4.00. The van der Waals surface area contributed by atoms with Crippen LogP contribution >= 0.6 is 0 Å². The van der Waals surface area contributed by atoms with E-state index in [0.29, 0.717) is 23.7 Å². The van der Waals surface area contributed by atoms with Crippen LogP contribution in [0.2, 0.25) is 0 Å². The van der Waals surface area contributed by atoms with Crippen LogP contribution in [0.5, 0.6) is 5.88 Å². The Labute approximate surface area is 139 Å². The first-order chi connectivity index (χ1) is 11.6. The Kier molecular flexibility index (Phi) is 4.33. The minimum absolute atomic E-state index is 0.0304. The lowest BCUT2D eigenvalue weighted by atomic mass is 10.1. The molecular weight excluding hydrogens is 308 g/mol. The smallest absolute Gasteiger partial charge is 0.319 e. The molecule has 2 aromatic rings. The van der Waals surface area contributed by atoms with E-state index in [1.165, 1.54) is 13.3 Å². The molecule has 0 bridgehead atoms. The maximum Gasteiger partial charge on any atom is 0.319 e. The molecule has 7 heteroatoms. The minimum Gasteiger partial charge on any atom is -0.481 e. The lowest BCUT2D eigenvalue weighted by Gasteiger charge is -2.21. The van der Waals surface area contributed by atoms with E-state index in [1.54, 1.807) is 30.1 Å². The predicted molar refractivity (Wildman–Crippen MR) is 89.1 cm³/mol. The highest BCUT2D eigenvalue weighted by molar-refractivity contribution is 5.99. The largest absolute Gasteiger partial charge is 0.481 e. The summed E-state index contributed by atoms with van der Waals surface area (Å²) in [6.45, 7) is 0.328. The van der Waals surface area contributed by atoms with Crippen molar-refractivity contribution in [2.45, 2.75) is 6.04 Å². The van der Waals surface area contributed by atoms with Crippen LogP contribution in [0.25, 0.3) is 0 Å². The Morgan fingerprint density at radius 3 is 2.79 bits per heavy atom. The van der Waals surface area contributed by atoms with Crippen LogP contribution in [0, 0.1) is 0 Å². The monoisotopic (exact) mass is 326 g/mol. The van der Waals surface area contributed by atoms with Gasteiger partial charge in [0, 0.05) is 25.2 Å². The summed E-state index contributed by atoms with van der Waals surface area (Å²) in [5.74, 6) is 0.445. The highest BCUT2D eigenvalue weighted by Crippen LogP contribution is 2.31. The number of fused-ring (bicyclic) bond motifs is 1. The standard InChI is InChI=1S/C17H18N4O3/c1-21-14(12-5-3-4-6-13(12)16(21)22)10-19-17(23)20-11-7-8-15(24-2)18-9-11/h3-9,14H,10H2,1-2H3,(H2,19,20,23). The van der Waals surface area contributed by atoms with Gasteiger partial charge >= 0.3 is 6.03 Å². The van der Waals surface area contributed by atoms with Crippen molar-refractivity contribution in [3.63, 3.8) is 0 Å². The van der Waals surface area contributed by atoms with Gasteiger partial charge in [0.2, 0.25) is 5.88 Å². The molecule has 0 radical (unpaired) electrons. The van der Waals surface area contributed by atoms with Crippen molar-refractivity contribution in [1.29, 1.82) is 0 Å². The second kappa shape index (κ2) is 6.57. The van der Waals surface area contributed by atoms with Crippen molar-refractivity contribution in [2.75, 3.05) is 26.0 Å². The van der Waals surface area contributed by atoms with Gasteiger partial charge < -0.3 is 20.3 Å². The molecule has 2 heterocycles. The van der Waals surface area contributed by atoms with Gasteiger partial charge in [0.1, 0.15) is 0 Å². The highest BCUT2D eigenvalue weighted by atomic mass is 16.5. The molecule has 0 saturated carbocycles.